The smallest absolute Gasteiger partial charge is 0.307 e. The maximum Gasteiger partial charge on any atom is 0.307 e. The topological polar surface area (TPSA) is 99.5 Å². The molecule has 8 heteroatoms. The first-order chi connectivity index (χ1) is 14.4. The summed E-state index contributed by atoms with van der Waals surface area (Å²) in [5.74, 6) is 0.162. The molecule has 1 N–H and O–H groups in total. The highest BCUT2D eigenvalue weighted by Crippen LogP contribution is 2.15. The van der Waals surface area contributed by atoms with E-state index in [2.05, 4.69) is 10.3 Å². The number of carbonyl (C=O) groups excluding carboxylic acids is 2. The summed E-state index contributed by atoms with van der Waals surface area (Å²) in [6.07, 6.45) is -0.742. The van der Waals surface area contributed by atoms with Gasteiger partial charge in [0.1, 0.15) is 11.6 Å². The summed E-state index contributed by atoms with van der Waals surface area (Å²) in [6, 6.07) is 13.9. The molecule has 1 heterocycles. The average Bonchev–Trinajstić information content (AvgIpc) is 2.75. The Morgan fingerprint density at radius 2 is 1.83 bits per heavy atom. The fourth-order valence-corrected chi connectivity index (χ4v) is 2.93. The van der Waals surface area contributed by atoms with Crippen LogP contribution in [0.3, 0.4) is 0 Å². The van der Waals surface area contributed by atoms with E-state index in [0.29, 0.717) is 28.2 Å². The van der Waals surface area contributed by atoms with Crippen LogP contribution in [0.15, 0.2) is 53.3 Å². The maximum absolute atomic E-state index is 12.4. The Hall–Kier alpha value is -3.68. The minimum absolute atomic E-state index is 0.00121. The Kier molecular flexibility index (Phi) is 6.46. The molecule has 3 aromatic rings. The van der Waals surface area contributed by atoms with Crippen molar-refractivity contribution in [3.05, 3.63) is 64.7 Å². The lowest BCUT2D eigenvalue weighted by atomic mass is 10.2. The van der Waals surface area contributed by atoms with Crippen LogP contribution in [0.1, 0.15) is 19.2 Å². The van der Waals surface area contributed by atoms with Crippen LogP contribution in [0.4, 0.5) is 5.69 Å². The van der Waals surface area contributed by atoms with E-state index in [1.807, 2.05) is 0 Å². The number of nitrogens with zero attached hydrogens (tertiary/aromatic N) is 2. The number of anilines is 1. The first-order valence-electron chi connectivity index (χ1n) is 9.48. The number of aryl methyl sites for hydroxylation is 1. The zero-order valence-electron chi connectivity index (χ0n) is 17.0. The third-order valence-electron chi connectivity index (χ3n) is 4.66. The van der Waals surface area contributed by atoms with Crippen molar-refractivity contribution in [1.29, 1.82) is 0 Å². The minimum Gasteiger partial charge on any atom is -0.497 e. The Labute approximate surface area is 173 Å². The molecule has 8 nitrogen and oxygen atoms in total. The van der Waals surface area contributed by atoms with Gasteiger partial charge in [-0.05, 0) is 43.3 Å². The van der Waals surface area contributed by atoms with Gasteiger partial charge in [-0.15, -0.1) is 0 Å². The van der Waals surface area contributed by atoms with Crippen LogP contribution < -0.4 is 15.6 Å². The van der Waals surface area contributed by atoms with Gasteiger partial charge in [0.05, 0.1) is 24.4 Å². The highest BCUT2D eigenvalue weighted by molar-refractivity contribution is 5.95. The van der Waals surface area contributed by atoms with E-state index >= 15 is 0 Å². The number of ether oxygens (including phenoxy) is 2. The zero-order valence-corrected chi connectivity index (χ0v) is 17.0. The number of esters is 1. The van der Waals surface area contributed by atoms with Crippen molar-refractivity contribution in [1.82, 2.24) is 9.55 Å². The predicted molar refractivity (Wildman–Crippen MR) is 112 cm³/mol. The van der Waals surface area contributed by atoms with Crippen LogP contribution >= 0.6 is 0 Å². The van der Waals surface area contributed by atoms with Gasteiger partial charge in [-0.25, -0.2) is 4.98 Å². The number of fused-ring (bicyclic) bond motifs is 1. The van der Waals surface area contributed by atoms with Crippen LogP contribution in [0.5, 0.6) is 5.75 Å². The fraction of sp³-hybridized carbons (Fsp3) is 0.273. The van der Waals surface area contributed by atoms with Crippen molar-refractivity contribution < 1.29 is 19.1 Å². The molecule has 0 unspecified atom stereocenters. The van der Waals surface area contributed by atoms with E-state index in [9.17, 15) is 14.4 Å². The number of benzene rings is 2. The second-order valence-electron chi connectivity index (χ2n) is 6.76. The van der Waals surface area contributed by atoms with Crippen LogP contribution in [-0.2, 0) is 27.8 Å². The van der Waals surface area contributed by atoms with E-state index < -0.39 is 18.0 Å². The van der Waals surface area contributed by atoms with Crippen LogP contribution in [0, 0.1) is 0 Å². The van der Waals surface area contributed by atoms with Crippen molar-refractivity contribution in [2.75, 3.05) is 12.4 Å². The van der Waals surface area contributed by atoms with Crippen molar-refractivity contribution in [3.8, 4) is 5.75 Å². The Balaban J connectivity index is 1.57. The standard InChI is InChI=1S/C22H23N3O5/c1-14(21(27)23-15-8-10-16(29-3)11-9-15)30-20(26)13-12-19-24-18-7-5-4-6-17(18)22(28)25(19)2/h4-11,14H,12-13H2,1-3H3,(H,23,27)/t14-/m0/s1. The summed E-state index contributed by atoms with van der Waals surface area (Å²) in [4.78, 5) is 41.3. The molecule has 0 aliphatic carbocycles. The van der Waals surface area contributed by atoms with Gasteiger partial charge >= 0.3 is 5.97 Å². The van der Waals surface area contributed by atoms with Gasteiger partial charge in [-0.2, -0.15) is 0 Å². The van der Waals surface area contributed by atoms with Gasteiger partial charge in [-0.1, -0.05) is 12.1 Å². The lowest BCUT2D eigenvalue weighted by molar-refractivity contribution is -0.153. The molecule has 1 aromatic heterocycles. The molecule has 1 atom stereocenters. The Morgan fingerprint density at radius 3 is 2.53 bits per heavy atom. The number of hydrogen-bond donors (Lipinski definition) is 1. The largest absolute Gasteiger partial charge is 0.497 e. The average molecular weight is 409 g/mol. The van der Waals surface area contributed by atoms with Crippen molar-refractivity contribution in [3.63, 3.8) is 0 Å². The normalized spacial score (nSPS) is 11.7. The molecule has 0 aliphatic heterocycles. The quantitative estimate of drug-likeness (QED) is 0.602. The molecule has 30 heavy (non-hydrogen) atoms. The van der Waals surface area contributed by atoms with E-state index in [4.69, 9.17) is 9.47 Å². The second-order valence-corrected chi connectivity index (χ2v) is 6.76. The first-order valence-corrected chi connectivity index (χ1v) is 9.48. The molecule has 0 radical (unpaired) electrons. The zero-order chi connectivity index (χ0) is 21.7. The van der Waals surface area contributed by atoms with Crippen LogP contribution in [0.2, 0.25) is 0 Å². The number of para-hydroxylation sites is 1. The third kappa shape index (κ3) is 4.83. The SMILES string of the molecule is COc1ccc(NC(=O)[C@H](C)OC(=O)CCc2nc3ccccc3c(=O)n2C)cc1. The summed E-state index contributed by atoms with van der Waals surface area (Å²) >= 11 is 0. The maximum atomic E-state index is 12.4. The molecule has 0 saturated carbocycles. The molecular weight excluding hydrogens is 386 g/mol. The summed E-state index contributed by atoms with van der Waals surface area (Å²) in [6.45, 7) is 1.50. The predicted octanol–water partition coefficient (Wildman–Crippen LogP) is 2.45. The lowest BCUT2D eigenvalue weighted by Gasteiger charge is -2.14. The van der Waals surface area contributed by atoms with Gasteiger partial charge in [-0.3, -0.25) is 19.0 Å². The Morgan fingerprint density at radius 1 is 1.13 bits per heavy atom. The third-order valence-corrected chi connectivity index (χ3v) is 4.66. The number of aromatic nitrogens is 2. The number of hydrogen-bond acceptors (Lipinski definition) is 6. The fourth-order valence-electron chi connectivity index (χ4n) is 2.93. The molecule has 0 aliphatic rings. The number of carbonyl (C=O) groups is 2. The summed E-state index contributed by atoms with van der Waals surface area (Å²) in [5.41, 5.74) is 0.978. The molecule has 0 fully saturated rings. The molecule has 2 aromatic carbocycles. The monoisotopic (exact) mass is 409 g/mol. The van der Waals surface area contributed by atoms with Crippen molar-refractivity contribution in [2.24, 2.45) is 7.05 Å². The molecular formula is C22H23N3O5. The molecule has 0 spiro atoms. The minimum atomic E-state index is -0.965. The van der Waals surface area contributed by atoms with E-state index in [0.717, 1.165) is 0 Å². The van der Waals surface area contributed by atoms with Gasteiger partial charge in [0, 0.05) is 19.2 Å². The molecule has 0 saturated heterocycles. The van der Waals surface area contributed by atoms with Gasteiger partial charge in [0.25, 0.3) is 11.5 Å². The van der Waals surface area contributed by atoms with Gasteiger partial charge < -0.3 is 14.8 Å². The van der Waals surface area contributed by atoms with Crippen molar-refractivity contribution >= 4 is 28.5 Å². The number of rotatable bonds is 7. The number of nitrogens with one attached hydrogen (secondary N) is 1. The number of methoxy groups -OCH3 is 1. The first kappa shape index (κ1) is 21.0. The molecule has 3 rings (SSSR count). The summed E-state index contributed by atoms with van der Waals surface area (Å²) in [5, 5.41) is 3.20. The number of amides is 1. The van der Waals surface area contributed by atoms with E-state index in [1.54, 1.807) is 62.7 Å². The molecule has 1 amide bonds. The highest BCUT2D eigenvalue weighted by atomic mass is 16.5. The van der Waals surface area contributed by atoms with Gasteiger partial charge in [0.15, 0.2) is 6.10 Å². The molecule has 0 bridgehead atoms. The van der Waals surface area contributed by atoms with Crippen LogP contribution in [-0.4, -0.2) is 34.6 Å². The highest BCUT2D eigenvalue weighted by Gasteiger charge is 2.19. The Bertz CT molecular complexity index is 1120. The lowest BCUT2D eigenvalue weighted by Crippen LogP contribution is -2.30. The summed E-state index contributed by atoms with van der Waals surface area (Å²) < 4.78 is 11.7. The summed E-state index contributed by atoms with van der Waals surface area (Å²) in [7, 11) is 3.17. The molecule has 156 valence electrons. The van der Waals surface area contributed by atoms with Crippen molar-refractivity contribution in [2.45, 2.75) is 25.9 Å². The van der Waals surface area contributed by atoms with Crippen LogP contribution in [0.25, 0.3) is 10.9 Å². The van der Waals surface area contributed by atoms with Gasteiger partial charge in [0.2, 0.25) is 0 Å². The second kappa shape index (κ2) is 9.21. The van der Waals surface area contributed by atoms with E-state index in [-0.39, 0.29) is 18.4 Å². The van der Waals surface area contributed by atoms with E-state index in [1.165, 1.54) is 11.5 Å².